The van der Waals surface area contributed by atoms with Crippen LogP contribution in [0.4, 0.5) is 11.5 Å². The van der Waals surface area contributed by atoms with Crippen LogP contribution in [0, 0.1) is 18.3 Å². The molecule has 0 bridgehead atoms. The van der Waals surface area contributed by atoms with Gasteiger partial charge in [0.25, 0.3) is 0 Å². The van der Waals surface area contributed by atoms with Crippen LogP contribution in [-0.2, 0) is 13.0 Å². The number of aromatic nitrogens is 2. The maximum absolute atomic E-state index is 9.31. The van der Waals surface area contributed by atoms with Crippen molar-refractivity contribution in [3.8, 4) is 12.1 Å². The van der Waals surface area contributed by atoms with Crippen molar-refractivity contribution in [2.45, 2.75) is 57.7 Å². The molecule has 0 unspecified atom stereocenters. The highest BCUT2D eigenvalue weighted by molar-refractivity contribution is 5.96. The largest absolute Gasteiger partial charge is 0.462 e. The molecular weight excluding hydrogens is 486 g/mol. The van der Waals surface area contributed by atoms with Crippen LogP contribution in [0.5, 0.6) is 6.01 Å². The predicted octanol–water partition coefficient (Wildman–Crippen LogP) is 4.06. The SMILES string of the molecule is Cc1cccc2c(N3CCCc4c(nc(OC[C@@H]5CCCN5C)nc4N4CCN[C@@H](CC#N)C4)C3)cccc12. The lowest BCUT2D eigenvalue weighted by molar-refractivity contribution is 0.187. The number of anilines is 2. The third-order valence-corrected chi connectivity index (χ3v) is 8.67. The fourth-order valence-electron chi connectivity index (χ4n) is 6.47. The van der Waals surface area contributed by atoms with E-state index in [1.54, 1.807) is 0 Å². The fraction of sp³-hybridized carbons (Fsp3) is 0.516. The molecule has 2 atom stereocenters. The first-order chi connectivity index (χ1) is 19.1. The molecule has 8 heteroatoms. The van der Waals surface area contributed by atoms with Crippen molar-refractivity contribution >= 4 is 22.3 Å². The van der Waals surface area contributed by atoms with Gasteiger partial charge in [0, 0.05) is 54.9 Å². The lowest BCUT2D eigenvalue weighted by Gasteiger charge is -2.35. The van der Waals surface area contributed by atoms with Gasteiger partial charge in [0.05, 0.1) is 24.7 Å². The molecule has 1 N–H and O–H groups in total. The smallest absolute Gasteiger partial charge is 0.318 e. The summed E-state index contributed by atoms with van der Waals surface area (Å²) in [5, 5.41) is 15.4. The third-order valence-electron chi connectivity index (χ3n) is 8.67. The van der Waals surface area contributed by atoms with Gasteiger partial charge in [-0.25, -0.2) is 0 Å². The van der Waals surface area contributed by atoms with Crippen molar-refractivity contribution in [1.82, 2.24) is 20.2 Å². The van der Waals surface area contributed by atoms with E-state index in [4.69, 9.17) is 14.7 Å². The van der Waals surface area contributed by atoms with Gasteiger partial charge < -0.3 is 24.8 Å². The van der Waals surface area contributed by atoms with Crippen molar-refractivity contribution in [1.29, 1.82) is 5.26 Å². The second-order valence-electron chi connectivity index (χ2n) is 11.3. The van der Waals surface area contributed by atoms with Gasteiger partial charge in [0.2, 0.25) is 0 Å². The Balaban J connectivity index is 1.35. The highest BCUT2D eigenvalue weighted by atomic mass is 16.5. The van der Waals surface area contributed by atoms with Crippen LogP contribution in [0.25, 0.3) is 10.8 Å². The molecule has 0 spiro atoms. The number of aryl methyl sites for hydroxylation is 1. The molecule has 39 heavy (non-hydrogen) atoms. The number of hydrogen-bond acceptors (Lipinski definition) is 8. The Labute approximate surface area is 231 Å². The summed E-state index contributed by atoms with van der Waals surface area (Å²) in [6.45, 7) is 8.08. The minimum atomic E-state index is 0.145. The van der Waals surface area contributed by atoms with Gasteiger partial charge in [-0.15, -0.1) is 0 Å². The summed E-state index contributed by atoms with van der Waals surface area (Å²) in [7, 11) is 2.17. The van der Waals surface area contributed by atoms with E-state index in [0.717, 1.165) is 70.0 Å². The first-order valence-corrected chi connectivity index (χ1v) is 14.4. The van der Waals surface area contributed by atoms with Crippen molar-refractivity contribution < 1.29 is 4.74 Å². The number of ether oxygens (including phenoxy) is 1. The Morgan fingerprint density at radius 2 is 1.92 bits per heavy atom. The quantitative estimate of drug-likeness (QED) is 0.516. The van der Waals surface area contributed by atoms with Crippen molar-refractivity contribution in [3.63, 3.8) is 0 Å². The number of nitriles is 1. The summed E-state index contributed by atoms with van der Waals surface area (Å²) >= 11 is 0. The molecule has 3 aromatic rings. The zero-order valence-corrected chi connectivity index (χ0v) is 23.2. The van der Waals surface area contributed by atoms with E-state index in [9.17, 15) is 5.26 Å². The Morgan fingerprint density at radius 3 is 2.77 bits per heavy atom. The molecular formula is C31H39N7O. The average Bonchev–Trinajstić information content (AvgIpc) is 3.24. The van der Waals surface area contributed by atoms with Gasteiger partial charge >= 0.3 is 6.01 Å². The zero-order valence-electron chi connectivity index (χ0n) is 23.2. The monoisotopic (exact) mass is 525 g/mol. The Hall–Kier alpha value is -3.41. The fourth-order valence-corrected chi connectivity index (χ4v) is 6.47. The highest BCUT2D eigenvalue weighted by Gasteiger charge is 2.29. The second kappa shape index (κ2) is 11.4. The van der Waals surface area contributed by atoms with E-state index in [0.29, 0.717) is 25.1 Å². The molecule has 4 heterocycles. The number of nitrogens with one attached hydrogen (secondary N) is 1. The number of likely N-dealkylation sites (N-methyl/N-ethyl adjacent to an activating group) is 1. The van der Waals surface area contributed by atoms with Gasteiger partial charge in [-0.05, 0) is 63.2 Å². The highest BCUT2D eigenvalue weighted by Crippen LogP contribution is 2.34. The van der Waals surface area contributed by atoms with Crippen LogP contribution in [0.1, 0.15) is 42.5 Å². The molecule has 204 valence electrons. The third kappa shape index (κ3) is 5.39. The molecule has 1 aromatic heterocycles. The van der Waals surface area contributed by atoms with Gasteiger partial charge in [-0.2, -0.15) is 15.2 Å². The van der Waals surface area contributed by atoms with Crippen molar-refractivity contribution in [2.24, 2.45) is 0 Å². The number of fused-ring (bicyclic) bond motifs is 2. The van der Waals surface area contributed by atoms with Crippen LogP contribution in [-0.4, -0.2) is 73.3 Å². The van der Waals surface area contributed by atoms with Gasteiger partial charge in [-0.3, -0.25) is 0 Å². The van der Waals surface area contributed by atoms with Gasteiger partial charge in [-0.1, -0.05) is 30.3 Å². The minimum absolute atomic E-state index is 0.145. The molecule has 2 aromatic carbocycles. The summed E-state index contributed by atoms with van der Waals surface area (Å²) in [5.74, 6) is 0.995. The van der Waals surface area contributed by atoms with E-state index in [1.807, 2.05) is 0 Å². The number of piperazine rings is 1. The maximum atomic E-state index is 9.31. The number of benzene rings is 2. The standard InChI is InChI=1S/C31H39N7O/c1-22-7-3-10-26-25(22)9-4-12-29(26)37-17-6-11-27-28(20-37)34-31(39-21-24-8-5-16-36(24)2)35-30(27)38-18-15-33-23(19-38)13-14-32/h3-4,7,9-10,12,23-24,33H,5-6,8,11,13,15-21H2,1-2H3/t23-,24-/m0/s1. The van der Waals surface area contributed by atoms with Gasteiger partial charge in [0.1, 0.15) is 12.4 Å². The normalized spacial score (nSPS) is 22.0. The summed E-state index contributed by atoms with van der Waals surface area (Å²) in [6, 6.07) is 16.6. The van der Waals surface area contributed by atoms with Crippen LogP contribution >= 0.6 is 0 Å². The molecule has 6 rings (SSSR count). The molecule has 3 aliphatic rings. The molecule has 0 amide bonds. The molecule has 0 aliphatic carbocycles. The van der Waals surface area contributed by atoms with E-state index in [2.05, 4.69) is 76.5 Å². The number of nitrogens with zero attached hydrogens (tertiary/aromatic N) is 6. The molecule has 8 nitrogen and oxygen atoms in total. The first kappa shape index (κ1) is 25.8. The van der Waals surface area contributed by atoms with Crippen LogP contribution in [0.2, 0.25) is 0 Å². The average molecular weight is 526 g/mol. The van der Waals surface area contributed by atoms with E-state index in [-0.39, 0.29) is 6.04 Å². The number of likely N-dealkylation sites (tertiary alicyclic amines) is 1. The predicted molar refractivity (Wildman–Crippen MR) is 155 cm³/mol. The maximum Gasteiger partial charge on any atom is 0.318 e. The van der Waals surface area contributed by atoms with E-state index >= 15 is 0 Å². The number of rotatable bonds is 6. The van der Waals surface area contributed by atoms with Crippen molar-refractivity contribution in [3.05, 3.63) is 53.2 Å². The molecule has 0 saturated carbocycles. The topological polar surface area (TPSA) is 80.6 Å². The Bertz CT molecular complexity index is 1370. The van der Waals surface area contributed by atoms with E-state index in [1.165, 1.54) is 34.0 Å². The molecule has 2 saturated heterocycles. The van der Waals surface area contributed by atoms with Gasteiger partial charge in [0.15, 0.2) is 0 Å². The first-order valence-electron chi connectivity index (χ1n) is 14.4. The summed E-state index contributed by atoms with van der Waals surface area (Å²) in [4.78, 5) is 17.3. The lowest BCUT2D eigenvalue weighted by Crippen LogP contribution is -2.51. The lowest BCUT2D eigenvalue weighted by atomic mass is 10.0. The summed E-state index contributed by atoms with van der Waals surface area (Å²) in [5.41, 5.74) is 4.85. The number of hydrogen-bond donors (Lipinski definition) is 1. The molecule has 2 fully saturated rings. The Kier molecular flexibility index (Phi) is 7.53. The van der Waals surface area contributed by atoms with Crippen molar-refractivity contribution in [2.75, 3.05) is 56.2 Å². The molecule has 0 radical (unpaired) electrons. The minimum Gasteiger partial charge on any atom is -0.462 e. The second-order valence-corrected chi connectivity index (χ2v) is 11.3. The summed E-state index contributed by atoms with van der Waals surface area (Å²) in [6.07, 6.45) is 4.82. The van der Waals surface area contributed by atoms with E-state index < -0.39 is 0 Å². The zero-order chi connectivity index (χ0) is 26.8. The van der Waals surface area contributed by atoms with Crippen LogP contribution < -0.4 is 19.9 Å². The van der Waals surface area contributed by atoms with Crippen LogP contribution in [0.15, 0.2) is 36.4 Å². The molecule has 3 aliphatic heterocycles. The summed E-state index contributed by atoms with van der Waals surface area (Å²) < 4.78 is 6.32. The Morgan fingerprint density at radius 1 is 1.05 bits per heavy atom. The van der Waals surface area contributed by atoms with Crippen LogP contribution in [0.3, 0.4) is 0 Å².